The van der Waals surface area contributed by atoms with Crippen molar-refractivity contribution in [2.75, 3.05) is 5.32 Å². The van der Waals surface area contributed by atoms with Crippen LogP contribution in [0.4, 0.5) is 18.3 Å². The minimum absolute atomic E-state index is 0.219. The van der Waals surface area contributed by atoms with Crippen molar-refractivity contribution in [3.8, 4) is 11.3 Å². The van der Waals surface area contributed by atoms with Gasteiger partial charge in [0, 0.05) is 11.6 Å². The number of carbonyl (C=O) groups is 1. The van der Waals surface area contributed by atoms with Crippen molar-refractivity contribution in [1.82, 2.24) is 14.5 Å². The summed E-state index contributed by atoms with van der Waals surface area (Å²) < 4.78 is 40.1. The Kier molecular flexibility index (Phi) is 5.32. The lowest BCUT2D eigenvalue weighted by molar-refractivity contribution is -0.137. The van der Waals surface area contributed by atoms with Crippen LogP contribution in [0, 0.1) is 6.92 Å². The maximum absolute atomic E-state index is 12.7. The fourth-order valence-corrected chi connectivity index (χ4v) is 3.91. The van der Waals surface area contributed by atoms with Crippen LogP contribution in [-0.2, 0) is 17.5 Å². The number of fused-ring (bicyclic) bond motifs is 1. The molecular formula is C21H15F3N4O2S. The van der Waals surface area contributed by atoms with Gasteiger partial charge >= 0.3 is 6.18 Å². The van der Waals surface area contributed by atoms with Crippen LogP contribution in [0.3, 0.4) is 0 Å². The maximum atomic E-state index is 12.7. The zero-order valence-electron chi connectivity index (χ0n) is 16.1. The number of rotatable bonds is 4. The highest BCUT2D eigenvalue weighted by Crippen LogP contribution is 2.30. The molecule has 0 unspecified atom stereocenters. The maximum Gasteiger partial charge on any atom is 0.416 e. The van der Waals surface area contributed by atoms with Gasteiger partial charge in [-0.1, -0.05) is 29.5 Å². The van der Waals surface area contributed by atoms with Crippen molar-refractivity contribution in [2.24, 2.45) is 0 Å². The topological polar surface area (TPSA) is 76.9 Å². The summed E-state index contributed by atoms with van der Waals surface area (Å²) in [7, 11) is 0. The molecule has 2 aromatic heterocycles. The number of nitrogens with one attached hydrogen (secondary N) is 1. The Labute approximate surface area is 178 Å². The molecule has 10 heteroatoms. The smallest absolute Gasteiger partial charge is 0.300 e. The molecule has 0 aliphatic heterocycles. The third kappa shape index (κ3) is 4.64. The summed E-state index contributed by atoms with van der Waals surface area (Å²) in [6, 6.07) is 11.3. The van der Waals surface area contributed by atoms with Gasteiger partial charge in [0.15, 0.2) is 5.13 Å². The molecule has 31 heavy (non-hydrogen) atoms. The van der Waals surface area contributed by atoms with Crippen LogP contribution in [0.2, 0.25) is 0 Å². The lowest BCUT2D eigenvalue weighted by atomic mass is 10.1. The Bertz CT molecular complexity index is 1330. The molecule has 4 rings (SSSR count). The number of anilines is 1. The van der Waals surface area contributed by atoms with Crippen molar-refractivity contribution < 1.29 is 18.0 Å². The second-order valence-electron chi connectivity index (χ2n) is 6.85. The summed E-state index contributed by atoms with van der Waals surface area (Å²) in [6.07, 6.45) is -3.25. The number of alkyl halides is 3. The van der Waals surface area contributed by atoms with E-state index in [9.17, 15) is 22.8 Å². The highest BCUT2D eigenvalue weighted by atomic mass is 32.1. The van der Waals surface area contributed by atoms with Gasteiger partial charge in [-0.05, 0) is 36.8 Å². The molecule has 1 amide bonds. The number of thiazole rings is 1. The molecule has 0 aliphatic rings. The van der Waals surface area contributed by atoms with Gasteiger partial charge in [-0.2, -0.15) is 13.2 Å². The number of aryl methyl sites for hydroxylation is 1. The zero-order valence-corrected chi connectivity index (χ0v) is 16.9. The van der Waals surface area contributed by atoms with Crippen LogP contribution in [0.15, 0.2) is 59.7 Å². The molecule has 0 aliphatic carbocycles. The number of nitrogens with zero attached hydrogens (tertiary/aromatic N) is 3. The molecule has 0 saturated heterocycles. The monoisotopic (exact) mass is 444 g/mol. The summed E-state index contributed by atoms with van der Waals surface area (Å²) in [6.45, 7) is 1.69. The van der Waals surface area contributed by atoms with Crippen LogP contribution in [0.1, 0.15) is 11.1 Å². The second-order valence-corrected chi connectivity index (χ2v) is 7.88. The molecule has 2 heterocycles. The highest BCUT2D eigenvalue weighted by Gasteiger charge is 2.30. The summed E-state index contributed by atoms with van der Waals surface area (Å²) in [5, 5.41) is 3.09. The van der Waals surface area contributed by atoms with Crippen LogP contribution in [-0.4, -0.2) is 20.4 Å². The zero-order chi connectivity index (χ0) is 22.2. The molecule has 1 N–H and O–H groups in total. The van der Waals surface area contributed by atoms with Crippen molar-refractivity contribution in [3.63, 3.8) is 0 Å². The van der Waals surface area contributed by atoms with E-state index in [1.165, 1.54) is 35.9 Å². The van der Waals surface area contributed by atoms with Crippen molar-refractivity contribution in [1.29, 1.82) is 0 Å². The Hall–Kier alpha value is -3.53. The van der Waals surface area contributed by atoms with Gasteiger partial charge in [0.1, 0.15) is 6.54 Å². The minimum Gasteiger partial charge on any atom is -0.300 e. The number of carbonyl (C=O) groups excluding carboxylic acids is 1. The van der Waals surface area contributed by atoms with E-state index in [2.05, 4.69) is 15.3 Å². The third-order valence-corrected chi connectivity index (χ3v) is 5.43. The van der Waals surface area contributed by atoms with Crippen molar-refractivity contribution in [3.05, 3.63) is 76.3 Å². The van der Waals surface area contributed by atoms with Crippen LogP contribution < -0.4 is 10.9 Å². The normalized spacial score (nSPS) is 11.6. The summed E-state index contributed by atoms with van der Waals surface area (Å²) >= 11 is 1.33. The van der Waals surface area contributed by atoms with Crippen molar-refractivity contribution >= 4 is 32.6 Å². The summed E-state index contributed by atoms with van der Waals surface area (Å²) in [4.78, 5) is 33.1. The lowest BCUT2D eigenvalue weighted by Crippen LogP contribution is -2.27. The Morgan fingerprint density at radius 2 is 1.87 bits per heavy atom. The van der Waals surface area contributed by atoms with E-state index < -0.39 is 23.2 Å². The van der Waals surface area contributed by atoms with Crippen LogP contribution in [0.5, 0.6) is 0 Å². The first kappa shape index (κ1) is 20.7. The molecule has 2 aromatic carbocycles. The number of hydrogen-bond donors (Lipinski definition) is 1. The number of halogens is 3. The first-order valence-corrected chi connectivity index (χ1v) is 9.92. The van der Waals surface area contributed by atoms with Gasteiger partial charge in [-0.3, -0.25) is 14.2 Å². The molecule has 6 nitrogen and oxygen atoms in total. The van der Waals surface area contributed by atoms with E-state index in [0.29, 0.717) is 10.7 Å². The average Bonchev–Trinajstić information content (AvgIpc) is 3.10. The number of benzene rings is 2. The van der Waals surface area contributed by atoms with E-state index >= 15 is 0 Å². The molecule has 0 atom stereocenters. The fourth-order valence-electron chi connectivity index (χ4n) is 2.93. The van der Waals surface area contributed by atoms with E-state index in [-0.39, 0.29) is 12.2 Å². The average molecular weight is 444 g/mol. The molecule has 4 aromatic rings. The van der Waals surface area contributed by atoms with E-state index in [1.54, 1.807) is 0 Å². The Morgan fingerprint density at radius 1 is 1.13 bits per heavy atom. The summed E-state index contributed by atoms with van der Waals surface area (Å²) in [5.41, 5.74) is 1.15. The van der Waals surface area contributed by atoms with Gasteiger partial charge in [0.05, 0.1) is 27.8 Å². The van der Waals surface area contributed by atoms with Gasteiger partial charge in [-0.25, -0.2) is 9.97 Å². The standard InChI is InChI=1S/C21H15F3N4O2S/c1-12-2-7-15-17(8-12)31-20(26-15)27-18(29)10-28-11-25-16(9-19(28)30)13-3-5-14(6-4-13)21(22,23)24/h2-9,11H,10H2,1H3,(H,26,27,29). The molecule has 0 saturated carbocycles. The number of amides is 1. The SMILES string of the molecule is Cc1ccc2nc(NC(=O)Cn3cnc(-c4ccc(C(F)(F)F)cc4)cc3=O)sc2c1. The van der Waals surface area contributed by atoms with E-state index in [1.807, 2.05) is 25.1 Å². The molecule has 0 fully saturated rings. The fraction of sp³-hybridized carbons (Fsp3) is 0.143. The Morgan fingerprint density at radius 3 is 2.55 bits per heavy atom. The van der Waals surface area contributed by atoms with Gasteiger partial charge < -0.3 is 5.32 Å². The third-order valence-electron chi connectivity index (χ3n) is 4.49. The summed E-state index contributed by atoms with van der Waals surface area (Å²) in [5.74, 6) is -0.443. The van der Waals surface area contributed by atoms with E-state index in [4.69, 9.17) is 0 Å². The van der Waals surface area contributed by atoms with Gasteiger partial charge in [0.2, 0.25) is 5.91 Å². The predicted molar refractivity (Wildman–Crippen MR) is 112 cm³/mol. The van der Waals surface area contributed by atoms with Crippen LogP contribution in [0.25, 0.3) is 21.5 Å². The van der Waals surface area contributed by atoms with Crippen molar-refractivity contribution in [2.45, 2.75) is 19.6 Å². The van der Waals surface area contributed by atoms with Gasteiger partial charge in [0.25, 0.3) is 5.56 Å². The number of aromatic nitrogens is 3. The Balaban J connectivity index is 1.47. The largest absolute Gasteiger partial charge is 0.416 e. The molecular weight excluding hydrogens is 429 g/mol. The first-order chi connectivity index (χ1) is 14.7. The number of hydrogen-bond acceptors (Lipinski definition) is 5. The molecule has 0 bridgehead atoms. The predicted octanol–water partition coefficient (Wildman–Crippen LogP) is 4.49. The molecule has 0 radical (unpaired) electrons. The first-order valence-electron chi connectivity index (χ1n) is 9.10. The van der Waals surface area contributed by atoms with Crippen LogP contribution >= 0.6 is 11.3 Å². The quantitative estimate of drug-likeness (QED) is 0.503. The highest BCUT2D eigenvalue weighted by molar-refractivity contribution is 7.22. The lowest BCUT2D eigenvalue weighted by Gasteiger charge is -2.08. The second kappa shape index (κ2) is 7.95. The van der Waals surface area contributed by atoms with E-state index in [0.717, 1.165) is 32.5 Å². The van der Waals surface area contributed by atoms with Gasteiger partial charge in [-0.15, -0.1) is 0 Å². The molecule has 0 spiro atoms. The minimum atomic E-state index is -4.44. The molecule has 158 valence electrons.